The van der Waals surface area contributed by atoms with Crippen molar-refractivity contribution in [2.24, 2.45) is 0 Å². The van der Waals surface area contributed by atoms with E-state index in [-0.39, 0.29) is 18.2 Å². The third-order valence-electron chi connectivity index (χ3n) is 4.07. The molecule has 2 heterocycles. The lowest BCUT2D eigenvalue weighted by Gasteiger charge is -2.24. The molecule has 5 nitrogen and oxygen atoms in total. The maximum absolute atomic E-state index is 12.3. The van der Waals surface area contributed by atoms with Gasteiger partial charge >= 0.3 is 6.03 Å². The summed E-state index contributed by atoms with van der Waals surface area (Å²) in [6, 6.07) is 7.91. The normalized spacial score (nSPS) is 19.3. The number of fused-ring (bicyclic) bond motifs is 1. The summed E-state index contributed by atoms with van der Waals surface area (Å²) >= 11 is 1.64. The van der Waals surface area contributed by atoms with Gasteiger partial charge in [0, 0.05) is 20.2 Å². The molecule has 0 saturated carbocycles. The molecule has 0 spiro atoms. The molecule has 0 radical (unpaired) electrons. The molecular weight excluding hydrogens is 298 g/mol. The molecule has 1 aromatic carbocycles. The first-order valence-corrected chi connectivity index (χ1v) is 8.44. The average Bonchev–Trinajstić information content (AvgIpc) is 3.19. The largest absolute Gasteiger partial charge is 0.376 e. The van der Waals surface area contributed by atoms with Gasteiger partial charge in [-0.25, -0.2) is 9.78 Å². The van der Waals surface area contributed by atoms with E-state index < -0.39 is 0 Å². The van der Waals surface area contributed by atoms with E-state index in [1.54, 1.807) is 16.2 Å². The smallest absolute Gasteiger partial charge is 0.317 e. The summed E-state index contributed by atoms with van der Waals surface area (Å²) in [4.78, 5) is 18.6. The van der Waals surface area contributed by atoms with Gasteiger partial charge in [-0.3, -0.25) is 0 Å². The highest BCUT2D eigenvalue weighted by Gasteiger charge is 2.22. The van der Waals surface area contributed by atoms with Crippen molar-refractivity contribution in [2.75, 3.05) is 20.2 Å². The molecule has 2 atom stereocenters. The third kappa shape index (κ3) is 3.23. The highest BCUT2D eigenvalue weighted by molar-refractivity contribution is 7.18. The lowest BCUT2D eigenvalue weighted by molar-refractivity contribution is 0.108. The maximum Gasteiger partial charge on any atom is 0.317 e. The Balaban J connectivity index is 1.62. The van der Waals surface area contributed by atoms with Gasteiger partial charge in [-0.15, -0.1) is 11.3 Å². The third-order valence-corrected chi connectivity index (χ3v) is 5.28. The molecule has 6 heteroatoms. The summed E-state index contributed by atoms with van der Waals surface area (Å²) in [5.74, 6) is 0. The molecule has 1 N–H and O–H groups in total. The Hall–Kier alpha value is -1.66. The molecular formula is C16H21N3O2S. The van der Waals surface area contributed by atoms with Crippen molar-refractivity contribution in [3.8, 4) is 0 Å². The van der Waals surface area contributed by atoms with Gasteiger partial charge in [-0.05, 0) is 31.9 Å². The zero-order valence-corrected chi connectivity index (χ0v) is 13.7. The van der Waals surface area contributed by atoms with Gasteiger partial charge in [0.25, 0.3) is 0 Å². The Morgan fingerprint density at radius 2 is 2.36 bits per heavy atom. The van der Waals surface area contributed by atoms with Crippen LogP contribution >= 0.6 is 11.3 Å². The minimum Gasteiger partial charge on any atom is -0.376 e. The van der Waals surface area contributed by atoms with E-state index in [1.165, 1.54) is 0 Å². The van der Waals surface area contributed by atoms with Crippen molar-refractivity contribution in [2.45, 2.75) is 31.9 Å². The maximum atomic E-state index is 12.3. The number of thiazole rings is 1. The molecule has 1 fully saturated rings. The van der Waals surface area contributed by atoms with Crippen LogP contribution in [0.25, 0.3) is 10.2 Å². The molecule has 0 bridgehead atoms. The van der Waals surface area contributed by atoms with E-state index in [0.29, 0.717) is 6.54 Å². The number of hydrogen-bond acceptors (Lipinski definition) is 4. The highest BCUT2D eigenvalue weighted by atomic mass is 32.1. The predicted molar refractivity (Wildman–Crippen MR) is 88.2 cm³/mol. The number of para-hydroxylation sites is 1. The molecule has 0 unspecified atom stereocenters. The van der Waals surface area contributed by atoms with Crippen molar-refractivity contribution in [3.05, 3.63) is 29.3 Å². The Morgan fingerprint density at radius 3 is 3.09 bits per heavy atom. The number of rotatable bonds is 4. The SMILES string of the molecule is C[C@H](c1nc2ccccc2s1)N(C)C(=O)NC[C@H]1CCCO1. The molecule has 1 aliphatic rings. The number of aromatic nitrogens is 1. The van der Waals surface area contributed by atoms with Crippen LogP contribution in [0.3, 0.4) is 0 Å². The van der Waals surface area contributed by atoms with Gasteiger partial charge in [0.05, 0.1) is 22.4 Å². The van der Waals surface area contributed by atoms with Crippen molar-refractivity contribution in [1.29, 1.82) is 0 Å². The first-order chi connectivity index (χ1) is 10.6. The minimum absolute atomic E-state index is 0.0538. The standard InChI is InChI=1S/C16H21N3O2S/c1-11(15-18-13-7-3-4-8-14(13)22-15)19(2)16(20)17-10-12-6-5-9-21-12/h3-4,7-8,11-12H,5-6,9-10H2,1-2H3,(H,17,20)/t11-,12-/m1/s1. The molecule has 0 aliphatic carbocycles. The fourth-order valence-corrected chi connectivity index (χ4v) is 3.60. The zero-order chi connectivity index (χ0) is 15.5. The number of amides is 2. The second kappa shape index (κ2) is 6.62. The number of urea groups is 1. The van der Waals surface area contributed by atoms with E-state index in [2.05, 4.69) is 16.4 Å². The predicted octanol–water partition coefficient (Wildman–Crippen LogP) is 3.18. The summed E-state index contributed by atoms with van der Waals surface area (Å²) in [7, 11) is 1.81. The number of nitrogens with zero attached hydrogens (tertiary/aromatic N) is 2. The number of hydrogen-bond donors (Lipinski definition) is 1. The van der Waals surface area contributed by atoms with Crippen molar-refractivity contribution in [1.82, 2.24) is 15.2 Å². The summed E-state index contributed by atoms with van der Waals surface area (Å²) < 4.78 is 6.68. The number of carbonyl (C=O) groups excluding carboxylic acids is 1. The van der Waals surface area contributed by atoms with Crippen LogP contribution in [0.2, 0.25) is 0 Å². The summed E-state index contributed by atoms with van der Waals surface area (Å²) in [6.45, 7) is 3.39. The van der Waals surface area contributed by atoms with E-state index in [1.807, 2.05) is 32.2 Å². The second-order valence-corrected chi connectivity index (χ2v) is 6.69. The van der Waals surface area contributed by atoms with Gasteiger partial charge in [0.1, 0.15) is 5.01 Å². The Kier molecular flexibility index (Phi) is 4.59. The molecule has 2 aromatic rings. The number of nitrogens with one attached hydrogen (secondary N) is 1. The molecule has 118 valence electrons. The van der Waals surface area contributed by atoms with Crippen LogP contribution in [0, 0.1) is 0 Å². The van der Waals surface area contributed by atoms with E-state index in [9.17, 15) is 4.79 Å². The summed E-state index contributed by atoms with van der Waals surface area (Å²) in [5, 5.41) is 3.90. The van der Waals surface area contributed by atoms with Crippen molar-refractivity contribution >= 4 is 27.6 Å². The average molecular weight is 319 g/mol. The summed E-state index contributed by atoms with van der Waals surface area (Å²) in [6.07, 6.45) is 2.27. The van der Waals surface area contributed by atoms with Gasteiger partial charge in [-0.1, -0.05) is 12.1 Å². The highest BCUT2D eigenvalue weighted by Crippen LogP contribution is 2.28. The first-order valence-electron chi connectivity index (χ1n) is 7.63. The van der Waals surface area contributed by atoms with Gasteiger partial charge in [-0.2, -0.15) is 0 Å². The van der Waals surface area contributed by atoms with E-state index in [0.717, 1.165) is 34.7 Å². The number of carbonyl (C=O) groups is 1. The topological polar surface area (TPSA) is 54.5 Å². The fraction of sp³-hybridized carbons (Fsp3) is 0.500. The Bertz CT molecular complexity index is 619. The molecule has 3 rings (SSSR count). The van der Waals surface area contributed by atoms with Crippen LogP contribution in [0.5, 0.6) is 0 Å². The Labute approximate surface area is 134 Å². The van der Waals surface area contributed by atoms with Crippen LogP contribution in [-0.2, 0) is 4.74 Å². The van der Waals surface area contributed by atoms with Crippen LogP contribution in [-0.4, -0.2) is 42.2 Å². The summed E-state index contributed by atoms with van der Waals surface area (Å²) in [5.41, 5.74) is 0.988. The second-order valence-electron chi connectivity index (χ2n) is 5.63. The number of ether oxygens (including phenoxy) is 1. The van der Waals surface area contributed by atoms with Crippen molar-refractivity contribution in [3.63, 3.8) is 0 Å². The van der Waals surface area contributed by atoms with E-state index in [4.69, 9.17) is 4.74 Å². The lowest BCUT2D eigenvalue weighted by Crippen LogP contribution is -2.41. The molecule has 1 saturated heterocycles. The lowest BCUT2D eigenvalue weighted by atomic mass is 10.2. The number of benzene rings is 1. The van der Waals surface area contributed by atoms with Gasteiger partial charge in [0.2, 0.25) is 0 Å². The van der Waals surface area contributed by atoms with E-state index >= 15 is 0 Å². The van der Waals surface area contributed by atoms with Gasteiger partial charge in [0.15, 0.2) is 0 Å². The van der Waals surface area contributed by atoms with Crippen LogP contribution in [0.1, 0.15) is 30.8 Å². The molecule has 1 aliphatic heterocycles. The van der Waals surface area contributed by atoms with Crippen molar-refractivity contribution < 1.29 is 9.53 Å². The fourth-order valence-electron chi connectivity index (χ4n) is 2.54. The van der Waals surface area contributed by atoms with Gasteiger partial charge < -0.3 is 15.0 Å². The Morgan fingerprint density at radius 1 is 1.55 bits per heavy atom. The molecule has 1 aromatic heterocycles. The van der Waals surface area contributed by atoms with Crippen LogP contribution < -0.4 is 5.32 Å². The van der Waals surface area contributed by atoms with Crippen LogP contribution in [0.4, 0.5) is 4.79 Å². The molecule has 22 heavy (non-hydrogen) atoms. The monoisotopic (exact) mass is 319 g/mol. The zero-order valence-electron chi connectivity index (χ0n) is 12.9. The quantitative estimate of drug-likeness (QED) is 0.941. The van der Waals surface area contributed by atoms with Crippen LogP contribution in [0.15, 0.2) is 24.3 Å². The molecule has 2 amide bonds. The first kappa shape index (κ1) is 15.2. The minimum atomic E-state index is -0.0812.